The number of hydrogen-bond donors (Lipinski definition) is 3. The average Bonchev–Trinajstić information content (AvgIpc) is 1.82. The molecule has 0 aromatic rings. The smallest absolute Gasteiger partial charge is 0.314 e. The molecule has 0 fully saturated rings. The summed E-state index contributed by atoms with van der Waals surface area (Å²) in [5, 5.41) is 8.80. The van der Waals surface area contributed by atoms with Crippen molar-refractivity contribution in [3.8, 4) is 0 Å². The number of esters is 1. The molecular weight excluding hydrogens is 172 g/mol. The molecule has 5 heteroatoms. The van der Waals surface area contributed by atoms with E-state index in [2.05, 4.69) is 0 Å². The molecule has 0 aliphatic rings. The van der Waals surface area contributed by atoms with E-state index in [1.807, 2.05) is 0 Å². The van der Waals surface area contributed by atoms with Gasteiger partial charge in [0, 0.05) is 0 Å². The van der Waals surface area contributed by atoms with Crippen LogP contribution in [0.4, 0.5) is 0 Å². The van der Waals surface area contributed by atoms with Crippen LogP contribution in [0.5, 0.6) is 0 Å². The van der Waals surface area contributed by atoms with E-state index in [0.29, 0.717) is 0 Å². The summed E-state index contributed by atoms with van der Waals surface area (Å²) in [6, 6.07) is 0. The van der Waals surface area contributed by atoms with Crippen molar-refractivity contribution in [3.05, 3.63) is 0 Å². The molecule has 5 N–H and O–H groups in total. The van der Waals surface area contributed by atoms with Crippen LogP contribution in [-0.4, -0.2) is 29.4 Å². The summed E-state index contributed by atoms with van der Waals surface area (Å²) in [5.41, 5.74) is 9.98. The summed E-state index contributed by atoms with van der Waals surface area (Å²) < 4.78 is 4.99. The predicted octanol–water partition coefficient (Wildman–Crippen LogP) is -0.820. The van der Waals surface area contributed by atoms with Crippen molar-refractivity contribution in [2.24, 2.45) is 17.4 Å². The van der Waals surface area contributed by atoms with E-state index in [4.69, 9.17) is 21.3 Å². The van der Waals surface area contributed by atoms with Crippen LogP contribution in [0.15, 0.2) is 0 Å². The topological polar surface area (TPSA) is 98.6 Å². The van der Waals surface area contributed by atoms with Crippen molar-refractivity contribution in [2.75, 3.05) is 6.61 Å². The summed E-state index contributed by atoms with van der Waals surface area (Å²) in [6.45, 7) is 4.82. The van der Waals surface area contributed by atoms with Gasteiger partial charge in [-0.1, -0.05) is 0 Å². The molecule has 78 valence electrons. The van der Waals surface area contributed by atoms with Gasteiger partial charge in [-0.05, 0) is 20.8 Å². The van der Waals surface area contributed by atoms with Gasteiger partial charge in [-0.2, -0.15) is 0 Å². The van der Waals surface area contributed by atoms with E-state index >= 15 is 0 Å². The Bertz CT molecular complexity index is 175. The second kappa shape index (κ2) is 4.55. The second-order valence-electron chi connectivity index (χ2n) is 3.90. The third kappa shape index (κ3) is 4.82. The van der Waals surface area contributed by atoms with Crippen molar-refractivity contribution in [1.29, 1.82) is 0 Å². The van der Waals surface area contributed by atoms with Crippen LogP contribution in [0.25, 0.3) is 0 Å². The van der Waals surface area contributed by atoms with Crippen LogP contribution in [0.3, 0.4) is 0 Å². The number of aliphatic hydroxyl groups excluding tert-OH is 1. The molecule has 1 atom stereocenters. The fourth-order valence-corrected chi connectivity index (χ4v) is 0.731. The highest BCUT2D eigenvalue weighted by Gasteiger charge is 2.27. The standard InChI is InChI=1S/C8H18N2O3/c1-8(2,3)13-7(12)5(4-11)6(9)10/h5-6,11H,4,9-10H2,1-3H3. The highest BCUT2D eigenvalue weighted by molar-refractivity contribution is 5.73. The van der Waals surface area contributed by atoms with Gasteiger partial charge in [-0.25, -0.2) is 0 Å². The Kier molecular flexibility index (Phi) is 4.32. The summed E-state index contributed by atoms with van der Waals surface area (Å²) in [5.74, 6) is -1.41. The van der Waals surface area contributed by atoms with Gasteiger partial charge in [0.1, 0.15) is 11.5 Å². The molecule has 0 radical (unpaired) electrons. The Morgan fingerprint density at radius 2 is 1.92 bits per heavy atom. The van der Waals surface area contributed by atoms with Crippen molar-refractivity contribution in [1.82, 2.24) is 0 Å². The maximum Gasteiger partial charge on any atom is 0.314 e. The SMILES string of the molecule is CC(C)(C)OC(=O)C(CO)C(N)N. The summed E-state index contributed by atoms with van der Waals surface area (Å²) >= 11 is 0. The first-order valence-corrected chi connectivity index (χ1v) is 4.13. The lowest BCUT2D eigenvalue weighted by molar-refractivity contribution is -0.162. The number of carbonyl (C=O) groups excluding carboxylic acids is 1. The zero-order valence-electron chi connectivity index (χ0n) is 8.28. The van der Waals surface area contributed by atoms with E-state index in [0.717, 1.165) is 0 Å². The lowest BCUT2D eigenvalue weighted by atomic mass is 10.1. The van der Waals surface area contributed by atoms with Gasteiger partial charge in [0.25, 0.3) is 0 Å². The molecule has 0 rings (SSSR count). The highest BCUT2D eigenvalue weighted by atomic mass is 16.6. The van der Waals surface area contributed by atoms with Crippen LogP contribution in [0.1, 0.15) is 20.8 Å². The van der Waals surface area contributed by atoms with E-state index < -0.39 is 30.3 Å². The van der Waals surface area contributed by atoms with Crippen LogP contribution < -0.4 is 11.5 Å². The predicted molar refractivity (Wildman–Crippen MR) is 48.6 cm³/mol. The Hall–Kier alpha value is -0.650. The molecule has 0 amide bonds. The van der Waals surface area contributed by atoms with E-state index in [-0.39, 0.29) is 0 Å². The fraction of sp³-hybridized carbons (Fsp3) is 0.875. The fourth-order valence-electron chi connectivity index (χ4n) is 0.731. The second-order valence-corrected chi connectivity index (χ2v) is 3.90. The van der Waals surface area contributed by atoms with Crippen molar-refractivity contribution in [3.63, 3.8) is 0 Å². The number of nitrogens with two attached hydrogens (primary N) is 2. The molecule has 0 spiro atoms. The van der Waals surface area contributed by atoms with E-state index in [1.165, 1.54) is 0 Å². The Morgan fingerprint density at radius 1 is 1.46 bits per heavy atom. The Labute approximate surface area is 78.0 Å². The maximum absolute atomic E-state index is 11.3. The van der Waals surface area contributed by atoms with Crippen LogP contribution in [0.2, 0.25) is 0 Å². The molecule has 0 aliphatic heterocycles. The first kappa shape index (κ1) is 12.3. The van der Waals surface area contributed by atoms with Crippen molar-refractivity contribution in [2.45, 2.75) is 32.5 Å². The largest absolute Gasteiger partial charge is 0.460 e. The summed E-state index contributed by atoms with van der Waals surface area (Å²) in [4.78, 5) is 11.3. The quantitative estimate of drug-likeness (QED) is 0.399. The molecule has 0 heterocycles. The zero-order chi connectivity index (χ0) is 10.6. The van der Waals surface area contributed by atoms with Gasteiger partial charge in [-0.3, -0.25) is 4.79 Å². The van der Waals surface area contributed by atoms with Crippen molar-refractivity contribution >= 4 is 5.97 Å². The van der Waals surface area contributed by atoms with Crippen LogP contribution >= 0.6 is 0 Å². The third-order valence-corrected chi connectivity index (χ3v) is 1.37. The number of carbonyl (C=O) groups is 1. The minimum atomic E-state index is -0.889. The first-order chi connectivity index (χ1) is 5.78. The van der Waals surface area contributed by atoms with Gasteiger partial charge in [0.15, 0.2) is 0 Å². The monoisotopic (exact) mass is 190 g/mol. The maximum atomic E-state index is 11.3. The molecule has 13 heavy (non-hydrogen) atoms. The van der Waals surface area contributed by atoms with Crippen molar-refractivity contribution < 1.29 is 14.6 Å². The molecule has 0 saturated carbocycles. The number of hydrogen-bond acceptors (Lipinski definition) is 5. The number of ether oxygens (including phenoxy) is 1. The summed E-state index contributed by atoms with van der Waals surface area (Å²) in [7, 11) is 0. The van der Waals surface area contributed by atoms with E-state index in [1.54, 1.807) is 20.8 Å². The molecule has 0 bridgehead atoms. The zero-order valence-corrected chi connectivity index (χ0v) is 8.28. The third-order valence-electron chi connectivity index (χ3n) is 1.37. The summed E-state index contributed by atoms with van der Waals surface area (Å²) in [6.07, 6.45) is -0.889. The minimum Gasteiger partial charge on any atom is -0.460 e. The van der Waals surface area contributed by atoms with Gasteiger partial charge >= 0.3 is 5.97 Å². The molecule has 0 aromatic heterocycles. The Balaban J connectivity index is 4.23. The Morgan fingerprint density at radius 3 is 2.15 bits per heavy atom. The lowest BCUT2D eigenvalue weighted by Crippen LogP contribution is -2.46. The molecular formula is C8H18N2O3. The molecule has 0 aliphatic carbocycles. The first-order valence-electron chi connectivity index (χ1n) is 4.13. The number of aliphatic hydroxyl groups is 1. The van der Waals surface area contributed by atoms with Gasteiger partial charge in [-0.15, -0.1) is 0 Å². The highest BCUT2D eigenvalue weighted by Crippen LogP contribution is 2.11. The van der Waals surface area contributed by atoms with Gasteiger partial charge in [0.05, 0.1) is 12.8 Å². The lowest BCUT2D eigenvalue weighted by Gasteiger charge is -2.24. The van der Waals surface area contributed by atoms with Gasteiger partial charge in [0.2, 0.25) is 0 Å². The molecule has 0 aromatic carbocycles. The molecule has 5 nitrogen and oxygen atoms in total. The number of rotatable bonds is 3. The van der Waals surface area contributed by atoms with Crippen LogP contribution in [-0.2, 0) is 9.53 Å². The molecule has 1 unspecified atom stereocenters. The van der Waals surface area contributed by atoms with Crippen LogP contribution in [0, 0.1) is 5.92 Å². The van der Waals surface area contributed by atoms with E-state index in [9.17, 15) is 4.79 Å². The normalized spacial score (nSPS) is 14.4. The molecule has 0 saturated heterocycles. The van der Waals surface area contributed by atoms with Gasteiger partial charge < -0.3 is 21.3 Å². The average molecular weight is 190 g/mol. The minimum absolute atomic E-state index is 0.396.